The summed E-state index contributed by atoms with van der Waals surface area (Å²) < 4.78 is 27.0. The molecule has 2 N–H and O–H groups in total. The van der Waals surface area contributed by atoms with Crippen molar-refractivity contribution in [2.24, 2.45) is 0 Å². The second kappa shape index (κ2) is 7.15. The maximum atomic E-state index is 12.2. The molecule has 0 fully saturated rings. The monoisotopic (exact) mass is 360 g/mol. The molecule has 6 heteroatoms. The number of benzene rings is 2. The van der Waals surface area contributed by atoms with Gasteiger partial charge in [-0.2, -0.15) is 0 Å². The molecule has 0 aliphatic carbocycles. The number of fused-ring (bicyclic) bond motifs is 1. The number of nitrogens with zero attached hydrogens (tertiary/aromatic N) is 1. The SMILES string of the molecule is Cc1cccc(CS(=O)(=O)NCC(O)c2ccc3c(c2)CCN3C)c1. The highest BCUT2D eigenvalue weighted by Crippen LogP contribution is 2.29. The van der Waals surface area contributed by atoms with Crippen LogP contribution in [0.4, 0.5) is 5.69 Å². The molecule has 0 radical (unpaired) electrons. The molecule has 0 saturated carbocycles. The van der Waals surface area contributed by atoms with Gasteiger partial charge >= 0.3 is 0 Å². The molecule has 0 spiro atoms. The quantitative estimate of drug-likeness (QED) is 0.828. The summed E-state index contributed by atoms with van der Waals surface area (Å²) in [7, 11) is -1.45. The van der Waals surface area contributed by atoms with Crippen molar-refractivity contribution in [2.45, 2.75) is 25.2 Å². The van der Waals surface area contributed by atoms with Gasteiger partial charge in [0.15, 0.2) is 0 Å². The Kier molecular flexibility index (Phi) is 5.13. The van der Waals surface area contributed by atoms with E-state index in [2.05, 4.69) is 9.62 Å². The summed E-state index contributed by atoms with van der Waals surface area (Å²) in [5, 5.41) is 10.4. The molecular formula is C19H24N2O3S. The molecule has 3 rings (SSSR count). The number of aliphatic hydroxyl groups is 1. The summed E-state index contributed by atoms with van der Waals surface area (Å²) in [5.41, 5.74) is 4.88. The highest BCUT2D eigenvalue weighted by atomic mass is 32.2. The third-order valence-electron chi connectivity index (χ3n) is 4.55. The lowest BCUT2D eigenvalue weighted by Crippen LogP contribution is -2.29. The van der Waals surface area contributed by atoms with Crippen molar-refractivity contribution in [3.8, 4) is 0 Å². The van der Waals surface area contributed by atoms with E-state index in [-0.39, 0.29) is 12.3 Å². The summed E-state index contributed by atoms with van der Waals surface area (Å²) >= 11 is 0. The van der Waals surface area contributed by atoms with Crippen LogP contribution in [0.2, 0.25) is 0 Å². The van der Waals surface area contributed by atoms with E-state index in [0.717, 1.165) is 29.7 Å². The Balaban J connectivity index is 1.62. The van der Waals surface area contributed by atoms with Crippen LogP contribution in [-0.4, -0.2) is 33.7 Å². The van der Waals surface area contributed by atoms with Crippen molar-refractivity contribution < 1.29 is 13.5 Å². The Bertz CT molecular complexity index is 865. The van der Waals surface area contributed by atoms with E-state index in [1.807, 2.05) is 50.4 Å². The predicted octanol–water partition coefficient (Wildman–Crippen LogP) is 2.14. The Morgan fingerprint density at radius 2 is 2.04 bits per heavy atom. The third-order valence-corrected chi connectivity index (χ3v) is 5.87. The molecule has 1 unspecified atom stereocenters. The fourth-order valence-corrected chi connectivity index (χ4v) is 4.32. The average Bonchev–Trinajstić information content (AvgIpc) is 2.93. The molecule has 2 aromatic carbocycles. The van der Waals surface area contributed by atoms with Crippen LogP contribution in [0.3, 0.4) is 0 Å². The lowest BCUT2D eigenvalue weighted by atomic mass is 10.0. The maximum absolute atomic E-state index is 12.2. The number of hydrogen-bond donors (Lipinski definition) is 2. The van der Waals surface area contributed by atoms with E-state index in [1.54, 1.807) is 6.07 Å². The Hall–Kier alpha value is -1.89. The smallest absolute Gasteiger partial charge is 0.215 e. The first-order valence-electron chi connectivity index (χ1n) is 8.39. The number of hydrogen-bond acceptors (Lipinski definition) is 4. The lowest BCUT2D eigenvalue weighted by Gasteiger charge is -2.16. The Labute approximate surface area is 149 Å². The molecular weight excluding hydrogens is 336 g/mol. The van der Waals surface area contributed by atoms with Crippen LogP contribution >= 0.6 is 0 Å². The van der Waals surface area contributed by atoms with Crippen molar-refractivity contribution in [1.82, 2.24) is 4.72 Å². The number of nitrogens with one attached hydrogen (secondary N) is 1. The van der Waals surface area contributed by atoms with Crippen molar-refractivity contribution in [1.29, 1.82) is 0 Å². The zero-order chi connectivity index (χ0) is 18.0. The molecule has 0 bridgehead atoms. The van der Waals surface area contributed by atoms with Crippen molar-refractivity contribution >= 4 is 15.7 Å². The van der Waals surface area contributed by atoms with E-state index in [4.69, 9.17) is 0 Å². The first-order valence-corrected chi connectivity index (χ1v) is 10.0. The molecule has 134 valence electrons. The van der Waals surface area contributed by atoms with Gasteiger partial charge in [-0.3, -0.25) is 0 Å². The molecule has 1 aliphatic heterocycles. The van der Waals surface area contributed by atoms with Gasteiger partial charge in [-0.25, -0.2) is 13.1 Å². The van der Waals surface area contributed by atoms with Crippen LogP contribution in [0.15, 0.2) is 42.5 Å². The molecule has 1 aliphatic rings. The molecule has 0 saturated heterocycles. The van der Waals surface area contributed by atoms with E-state index in [1.165, 1.54) is 11.3 Å². The second-order valence-corrected chi connectivity index (χ2v) is 8.48. The van der Waals surface area contributed by atoms with Crippen LogP contribution in [0, 0.1) is 6.92 Å². The van der Waals surface area contributed by atoms with Gasteiger partial charge < -0.3 is 10.0 Å². The third kappa shape index (κ3) is 4.39. The summed E-state index contributed by atoms with van der Waals surface area (Å²) in [6.45, 7) is 2.87. The van der Waals surface area contributed by atoms with Crippen LogP contribution in [0.5, 0.6) is 0 Å². The summed E-state index contributed by atoms with van der Waals surface area (Å²) in [4.78, 5) is 2.18. The number of anilines is 1. The molecule has 1 atom stereocenters. The second-order valence-electron chi connectivity index (χ2n) is 6.67. The molecule has 0 aromatic heterocycles. The largest absolute Gasteiger partial charge is 0.387 e. The number of rotatable bonds is 6. The molecule has 2 aromatic rings. The average molecular weight is 360 g/mol. The van der Waals surface area contributed by atoms with E-state index < -0.39 is 16.1 Å². The molecule has 0 amide bonds. The predicted molar refractivity (Wildman–Crippen MR) is 100 cm³/mol. The van der Waals surface area contributed by atoms with Gasteiger partial charge in [0.05, 0.1) is 11.9 Å². The first kappa shape index (κ1) is 17.9. The van der Waals surface area contributed by atoms with Gasteiger partial charge in [-0.1, -0.05) is 42.0 Å². The van der Waals surface area contributed by atoms with Crippen LogP contribution < -0.4 is 9.62 Å². The highest BCUT2D eigenvalue weighted by Gasteiger charge is 2.19. The highest BCUT2D eigenvalue weighted by molar-refractivity contribution is 7.88. The molecule has 1 heterocycles. The van der Waals surface area contributed by atoms with Gasteiger partial charge in [0.2, 0.25) is 10.0 Å². The number of sulfonamides is 1. The standard InChI is InChI=1S/C19H24N2O3S/c1-14-4-3-5-15(10-14)13-25(23,24)20-12-19(22)17-6-7-18-16(11-17)8-9-21(18)2/h3-7,10-11,19-20,22H,8-9,12-13H2,1-2H3. The normalized spacial score (nSPS) is 15.2. The fourth-order valence-electron chi connectivity index (χ4n) is 3.19. The zero-order valence-corrected chi connectivity index (χ0v) is 15.4. The Morgan fingerprint density at radius 3 is 2.80 bits per heavy atom. The van der Waals surface area contributed by atoms with Crippen molar-refractivity contribution in [2.75, 3.05) is 25.0 Å². The minimum Gasteiger partial charge on any atom is -0.387 e. The topological polar surface area (TPSA) is 69.6 Å². The Morgan fingerprint density at radius 1 is 1.24 bits per heavy atom. The lowest BCUT2D eigenvalue weighted by molar-refractivity contribution is 0.182. The van der Waals surface area contributed by atoms with E-state index >= 15 is 0 Å². The number of aryl methyl sites for hydroxylation is 1. The number of aliphatic hydroxyl groups excluding tert-OH is 1. The first-order chi connectivity index (χ1) is 11.8. The van der Waals surface area contributed by atoms with Gasteiger partial charge in [-0.15, -0.1) is 0 Å². The van der Waals surface area contributed by atoms with Crippen LogP contribution in [-0.2, 0) is 22.2 Å². The van der Waals surface area contributed by atoms with Gasteiger partial charge in [0.1, 0.15) is 0 Å². The summed E-state index contributed by atoms with van der Waals surface area (Å²) in [6.07, 6.45) is 0.0920. The van der Waals surface area contributed by atoms with Gasteiger partial charge in [0.25, 0.3) is 0 Å². The fraction of sp³-hybridized carbons (Fsp3) is 0.368. The zero-order valence-electron chi connectivity index (χ0n) is 14.6. The summed E-state index contributed by atoms with van der Waals surface area (Å²) in [6, 6.07) is 13.2. The van der Waals surface area contributed by atoms with Gasteiger partial charge in [0, 0.05) is 25.8 Å². The molecule has 25 heavy (non-hydrogen) atoms. The van der Waals surface area contributed by atoms with Crippen molar-refractivity contribution in [3.05, 3.63) is 64.7 Å². The molecule has 5 nitrogen and oxygen atoms in total. The van der Waals surface area contributed by atoms with E-state index in [9.17, 15) is 13.5 Å². The van der Waals surface area contributed by atoms with E-state index in [0.29, 0.717) is 0 Å². The number of likely N-dealkylation sites (N-methyl/N-ethyl adjacent to an activating group) is 1. The minimum absolute atomic E-state index is 0.0250. The summed E-state index contributed by atoms with van der Waals surface area (Å²) in [5.74, 6) is -0.0869. The van der Waals surface area contributed by atoms with Crippen LogP contribution in [0.25, 0.3) is 0 Å². The maximum Gasteiger partial charge on any atom is 0.215 e. The van der Waals surface area contributed by atoms with Crippen LogP contribution in [0.1, 0.15) is 28.4 Å². The van der Waals surface area contributed by atoms with Gasteiger partial charge in [-0.05, 0) is 36.1 Å². The van der Waals surface area contributed by atoms with Crippen molar-refractivity contribution in [3.63, 3.8) is 0 Å². The minimum atomic E-state index is -3.49.